The van der Waals surface area contributed by atoms with Crippen LogP contribution in [0.3, 0.4) is 0 Å². The summed E-state index contributed by atoms with van der Waals surface area (Å²) in [5.74, 6) is 0. The molecule has 4 aromatic rings. The number of aromatic nitrogens is 2. The van der Waals surface area contributed by atoms with Gasteiger partial charge in [0.05, 0.1) is 28.5 Å². The van der Waals surface area contributed by atoms with Crippen molar-refractivity contribution in [2.24, 2.45) is 0 Å². The van der Waals surface area contributed by atoms with Crippen LogP contribution in [0, 0.1) is 11.3 Å². The molecular weight excluding hydrogens is 403 g/mol. The number of nitrogens with zero attached hydrogens (tertiary/aromatic N) is 2. The highest BCUT2D eigenvalue weighted by Crippen LogP contribution is 2.39. The number of nitrogens with one attached hydrogen (secondary N) is 1. The van der Waals surface area contributed by atoms with Crippen molar-refractivity contribution < 1.29 is 13.2 Å². The van der Waals surface area contributed by atoms with Crippen molar-refractivity contribution in [1.29, 1.82) is 5.26 Å². The van der Waals surface area contributed by atoms with E-state index in [1.165, 1.54) is 18.3 Å². The molecule has 2 aromatic carbocycles. The quantitative estimate of drug-likeness (QED) is 0.468. The summed E-state index contributed by atoms with van der Waals surface area (Å²) >= 11 is 0. The Morgan fingerprint density at radius 1 is 0.871 bits per heavy atom. The third-order valence-electron chi connectivity index (χ3n) is 4.85. The largest absolute Gasteiger partial charge is 0.416 e. The third-order valence-corrected chi connectivity index (χ3v) is 4.85. The zero-order valence-electron chi connectivity index (χ0n) is 15.9. The first-order chi connectivity index (χ1) is 14.9. The van der Waals surface area contributed by atoms with Gasteiger partial charge >= 0.3 is 6.18 Å². The van der Waals surface area contributed by atoms with Gasteiger partial charge in [-0.15, -0.1) is 0 Å². The van der Waals surface area contributed by atoms with E-state index in [-0.39, 0.29) is 11.1 Å². The number of aromatic amines is 1. The molecule has 7 heteroatoms. The maximum atomic E-state index is 13.1. The summed E-state index contributed by atoms with van der Waals surface area (Å²) in [5, 5.41) is 9.54. The minimum Gasteiger partial charge on any atom is -0.328 e. The van der Waals surface area contributed by atoms with Crippen LogP contribution in [0.4, 0.5) is 13.2 Å². The van der Waals surface area contributed by atoms with E-state index >= 15 is 0 Å². The van der Waals surface area contributed by atoms with Crippen LogP contribution in [-0.2, 0) is 6.18 Å². The first kappa shape index (κ1) is 20.1. The number of benzene rings is 2. The molecule has 0 saturated heterocycles. The zero-order chi connectivity index (χ0) is 22.0. The molecule has 0 unspecified atom stereocenters. The van der Waals surface area contributed by atoms with Crippen LogP contribution in [0.25, 0.3) is 33.5 Å². The van der Waals surface area contributed by atoms with E-state index in [9.17, 15) is 23.2 Å². The molecule has 0 bridgehead atoms. The van der Waals surface area contributed by atoms with E-state index < -0.39 is 17.3 Å². The lowest BCUT2D eigenvalue weighted by atomic mass is 9.89. The second-order valence-corrected chi connectivity index (χ2v) is 6.73. The van der Waals surface area contributed by atoms with Crippen molar-refractivity contribution >= 4 is 0 Å². The van der Waals surface area contributed by atoms with Gasteiger partial charge in [-0.25, -0.2) is 0 Å². The monoisotopic (exact) mass is 417 g/mol. The normalized spacial score (nSPS) is 11.2. The van der Waals surface area contributed by atoms with Crippen molar-refractivity contribution in [1.82, 2.24) is 9.97 Å². The van der Waals surface area contributed by atoms with Crippen molar-refractivity contribution in [2.75, 3.05) is 0 Å². The Balaban J connectivity index is 2.07. The summed E-state index contributed by atoms with van der Waals surface area (Å²) in [7, 11) is 0. The van der Waals surface area contributed by atoms with E-state index in [0.717, 1.165) is 12.1 Å². The topological polar surface area (TPSA) is 69.5 Å². The van der Waals surface area contributed by atoms with Gasteiger partial charge in [0.15, 0.2) is 0 Å². The minimum absolute atomic E-state index is 0.195. The van der Waals surface area contributed by atoms with Gasteiger partial charge in [0.25, 0.3) is 5.56 Å². The molecule has 2 heterocycles. The Morgan fingerprint density at radius 2 is 1.58 bits per heavy atom. The van der Waals surface area contributed by atoms with E-state index in [1.807, 2.05) is 0 Å². The van der Waals surface area contributed by atoms with Crippen molar-refractivity contribution in [3.05, 3.63) is 101 Å². The molecule has 0 fully saturated rings. The second kappa shape index (κ2) is 7.92. The predicted octanol–water partition coefficient (Wildman–Crippen LogP) is 5.66. The molecule has 0 aliphatic heterocycles. The van der Waals surface area contributed by atoms with Gasteiger partial charge < -0.3 is 4.98 Å². The lowest BCUT2D eigenvalue weighted by Gasteiger charge is -2.16. The molecule has 0 spiro atoms. The molecule has 0 amide bonds. The zero-order valence-corrected chi connectivity index (χ0v) is 15.9. The average Bonchev–Trinajstić information content (AvgIpc) is 2.79. The van der Waals surface area contributed by atoms with E-state index in [2.05, 4.69) is 16.0 Å². The molecule has 1 N–H and O–H groups in total. The molecule has 0 saturated carbocycles. The number of alkyl halides is 3. The molecule has 4 nitrogen and oxygen atoms in total. The minimum atomic E-state index is -4.48. The summed E-state index contributed by atoms with van der Waals surface area (Å²) in [5.41, 5.74) is 1.48. The molecule has 2 aromatic heterocycles. The van der Waals surface area contributed by atoms with Crippen LogP contribution < -0.4 is 5.56 Å². The summed E-state index contributed by atoms with van der Waals surface area (Å²) in [4.78, 5) is 19.9. The lowest BCUT2D eigenvalue weighted by Crippen LogP contribution is -2.12. The Labute approximate surface area is 175 Å². The van der Waals surface area contributed by atoms with Crippen LogP contribution >= 0.6 is 0 Å². The number of nitriles is 1. The maximum Gasteiger partial charge on any atom is 0.416 e. The fourth-order valence-corrected chi connectivity index (χ4v) is 3.44. The lowest BCUT2D eigenvalue weighted by molar-refractivity contribution is -0.137. The number of H-pyrrole nitrogens is 1. The Bertz CT molecular complexity index is 1340. The van der Waals surface area contributed by atoms with Gasteiger partial charge in [0, 0.05) is 29.1 Å². The van der Waals surface area contributed by atoms with E-state index in [4.69, 9.17) is 0 Å². The predicted molar refractivity (Wildman–Crippen MR) is 111 cm³/mol. The maximum absolute atomic E-state index is 13.1. The number of hydrogen-bond donors (Lipinski definition) is 1. The molecule has 31 heavy (non-hydrogen) atoms. The van der Waals surface area contributed by atoms with Crippen LogP contribution in [0.1, 0.15) is 11.1 Å². The fourth-order valence-electron chi connectivity index (χ4n) is 3.44. The van der Waals surface area contributed by atoms with Crippen molar-refractivity contribution in [3.8, 4) is 39.6 Å². The Kier molecular flexibility index (Phi) is 5.14. The van der Waals surface area contributed by atoms with Gasteiger partial charge in [-0.3, -0.25) is 9.78 Å². The van der Waals surface area contributed by atoms with E-state index in [1.54, 1.807) is 48.7 Å². The molecule has 0 radical (unpaired) electrons. The van der Waals surface area contributed by atoms with Crippen LogP contribution in [-0.4, -0.2) is 9.97 Å². The summed E-state index contributed by atoms with van der Waals surface area (Å²) < 4.78 is 39.2. The summed E-state index contributed by atoms with van der Waals surface area (Å²) in [6.07, 6.45) is -1.41. The highest BCUT2D eigenvalue weighted by atomic mass is 19.4. The molecule has 0 aliphatic carbocycles. The standard InChI is InChI=1S/C24H14F3N3O/c25-24(26,27)17-10-8-15(9-11-17)21-19(20-7-3-4-12-29-20)14-30-23(31)22(21)18-6-2-1-5-16(18)13-28/h1-12,14H,(H,30,31). The summed E-state index contributed by atoms with van der Waals surface area (Å²) in [6, 6.07) is 18.5. The fraction of sp³-hybridized carbons (Fsp3) is 0.0417. The third kappa shape index (κ3) is 3.83. The first-order valence-corrected chi connectivity index (χ1v) is 9.24. The number of pyridine rings is 2. The smallest absolute Gasteiger partial charge is 0.328 e. The SMILES string of the molecule is N#Cc1ccccc1-c1c(-c2ccc(C(F)(F)F)cc2)c(-c2ccccn2)c[nH]c1=O. The average molecular weight is 417 g/mol. The Morgan fingerprint density at radius 3 is 2.23 bits per heavy atom. The van der Waals surface area contributed by atoms with Gasteiger partial charge in [0.2, 0.25) is 0 Å². The number of hydrogen-bond acceptors (Lipinski definition) is 3. The van der Waals surface area contributed by atoms with Crippen LogP contribution in [0.2, 0.25) is 0 Å². The van der Waals surface area contributed by atoms with Gasteiger partial charge in [-0.2, -0.15) is 18.4 Å². The van der Waals surface area contributed by atoms with Gasteiger partial charge in [-0.1, -0.05) is 36.4 Å². The molecule has 0 atom stereocenters. The summed E-state index contributed by atoms with van der Waals surface area (Å²) in [6.45, 7) is 0. The first-order valence-electron chi connectivity index (χ1n) is 9.24. The van der Waals surface area contributed by atoms with E-state index in [0.29, 0.717) is 27.9 Å². The highest BCUT2D eigenvalue weighted by Gasteiger charge is 2.30. The molecule has 152 valence electrons. The molecular formula is C24H14F3N3O. The number of rotatable bonds is 3. The number of halogens is 3. The van der Waals surface area contributed by atoms with Crippen LogP contribution in [0.5, 0.6) is 0 Å². The van der Waals surface area contributed by atoms with Crippen molar-refractivity contribution in [3.63, 3.8) is 0 Å². The second-order valence-electron chi connectivity index (χ2n) is 6.73. The highest BCUT2D eigenvalue weighted by molar-refractivity contribution is 5.94. The molecule has 0 aliphatic rings. The van der Waals surface area contributed by atoms with Gasteiger partial charge in [-0.05, 0) is 35.9 Å². The van der Waals surface area contributed by atoms with Gasteiger partial charge in [0.1, 0.15) is 0 Å². The van der Waals surface area contributed by atoms with Crippen molar-refractivity contribution in [2.45, 2.75) is 6.18 Å². The Hall–Kier alpha value is -4.18. The molecule has 4 rings (SSSR count). The van der Waals surface area contributed by atoms with Crippen LogP contribution in [0.15, 0.2) is 83.9 Å².